The summed E-state index contributed by atoms with van der Waals surface area (Å²) in [5, 5.41) is 0. The number of hydrogen-bond acceptors (Lipinski definition) is 3. The molecule has 1 saturated heterocycles. The van der Waals surface area contributed by atoms with Gasteiger partial charge in [0.05, 0.1) is 13.2 Å². The van der Waals surface area contributed by atoms with Crippen LogP contribution < -0.4 is 0 Å². The molecule has 0 saturated carbocycles. The SMILES string of the molecule is COC(=O)N1CCC[C@H]1C=O. The monoisotopic (exact) mass is 157 g/mol. The lowest BCUT2D eigenvalue weighted by atomic mass is 10.2. The van der Waals surface area contributed by atoms with E-state index >= 15 is 0 Å². The molecule has 1 aliphatic heterocycles. The second kappa shape index (κ2) is 3.37. The van der Waals surface area contributed by atoms with Gasteiger partial charge in [0, 0.05) is 6.54 Å². The Labute approximate surface area is 65.1 Å². The van der Waals surface area contributed by atoms with E-state index in [1.165, 1.54) is 12.0 Å². The molecular formula is C7H11NO3. The molecule has 0 aliphatic carbocycles. The Bertz CT molecular complexity index is 169. The van der Waals surface area contributed by atoms with Crippen LogP contribution in [0.15, 0.2) is 0 Å². The summed E-state index contributed by atoms with van der Waals surface area (Å²) in [5.74, 6) is 0. The number of amides is 1. The number of hydrogen-bond donors (Lipinski definition) is 0. The molecule has 1 aliphatic rings. The molecule has 1 rings (SSSR count). The van der Waals surface area contributed by atoms with Crippen LogP contribution in [-0.4, -0.2) is 37.0 Å². The molecule has 1 amide bonds. The Hall–Kier alpha value is -1.06. The summed E-state index contributed by atoms with van der Waals surface area (Å²) in [6.45, 7) is 0.635. The summed E-state index contributed by atoms with van der Waals surface area (Å²) in [5.41, 5.74) is 0. The molecule has 62 valence electrons. The first-order valence-corrected chi connectivity index (χ1v) is 3.59. The van der Waals surface area contributed by atoms with Crippen LogP contribution in [0.25, 0.3) is 0 Å². The van der Waals surface area contributed by atoms with Crippen molar-refractivity contribution in [2.45, 2.75) is 18.9 Å². The average Bonchev–Trinajstić information content (AvgIpc) is 2.50. The molecule has 1 atom stereocenters. The highest BCUT2D eigenvalue weighted by atomic mass is 16.5. The number of nitrogens with zero attached hydrogens (tertiary/aromatic N) is 1. The summed E-state index contributed by atoms with van der Waals surface area (Å²) in [4.78, 5) is 22.8. The number of rotatable bonds is 1. The molecule has 0 radical (unpaired) electrons. The smallest absolute Gasteiger partial charge is 0.410 e. The summed E-state index contributed by atoms with van der Waals surface area (Å²) < 4.78 is 4.49. The van der Waals surface area contributed by atoms with Crippen molar-refractivity contribution in [1.82, 2.24) is 4.90 Å². The number of carbonyl (C=O) groups is 2. The van der Waals surface area contributed by atoms with Crippen molar-refractivity contribution in [3.05, 3.63) is 0 Å². The first-order chi connectivity index (χ1) is 5.29. The Balaban J connectivity index is 2.56. The van der Waals surface area contributed by atoms with Crippen LogP contribution in [0.4, 0.5) is 4.79 Å². The van der Waals surface area contributed by atoms with Crippen LogP contribution >= 0.6 is 0 Å². The summed E-state index contributed by atoms with van der Waals surface area (Å²) in [7, 11) is 1.32. The van der Waals surface area contributed by atoms with Crippen LogP contribution in [0.3, 0.4) is 0 Å². The third kappa shape index (κ3) is 1.50. The minimum atomic E-state index is -0.403. The Morgan fingerprint density at radius 1 is 1.73 bits per heavy atom. The van der Waals surface area contributed by atoms with E-state index in [-0.39, 0.29) is 6.04 Å². The first-order valence-electron chi connectivity index (χ1n) is 3.59. The third-order valence-electron chi connectivity index (χ3n) is 1.87. The molecule has 0 bridgehead atoms. The molecule has 0 aromatic rings. The van der Waals surface area contributed by atoms with Crippen LogP contribution in [0.2, 0.25) is 0 Å². The van der Waals surface area contributed by atoms with Gasteiger partial charge in [0.1, 0.15) is 6.29 Å². The van der Waals surface area contributed by atoms with Gasteiger partial charge in [-0.05, 0) is 12.8 Å². The zero-order valence-electron chi connectivity index (χ0n) is 6.45. The van der Waals surface area contributed by atoms with E-state index in [9.17, 15) is 9.59 Å². The standard InChI is InChI=1S/C7H11NO3/c1-11-7(10)8-4-2-3-6(8)5-9/h5-6H,2-4H2,1H3/t6-/m0/s1. The Kier molecular flexibility index (Phi) is 2.46. The number of methoxy groups -OCH3 is 1. The molecule has 11 heavy (non-hydrogen) atoms. The number of aldehydes is 1. The second-order valence-electron chi connectivity index (χ2n) is 2.51. The number of ether oxygens (including phenoxy) is 1. The Morgan fingerprint density at radius 3 is 3.00 bits per heavy atom. The molecule has 0 unspecified atom stereocenters. The van der Waals surface area contributed by atoms with Crippen molar-refractivity contribution >= 4 is 12.4 Å². The quantitative estimate of drug-likeness (QED) is 0.518. The fraction of sp³-hybridized carbons (Fsp3) is 0.714. The molecule has 0 spiro atoms. The van der Waals surface area contributed by atoms with Gasteiger partial charge in [-0.15, -0.1) is 0 Å². The molecule has 0 aromatic carbocycles. The fourth-order valence-corrected chi connectivity index (χ4v) is 1.28. The predicted molar refractivity (Wildman–Crippen MR) is 38.2 cm³/mol. The van der Waals surface area contributed by atoms with Crippen LogP contribution in [0.1, 0.15) is 12.8 Å². The molecule has 1 heterocycles. The van der Waals surface area contributed by atoms with Gasteiger partial charge in [0.25, 0.3) is 0 Å². The van der Waals surface area contributed by atoms with Crippen LogP contribution in [0.5, 0.6) is 0 Å². The summed E-state index contributed by atoms with van der Waals surface area (Å²) in [6.07, 6.45) is 2.04. The zero-order valence-corrected chi connectivity index (χ0v) is 6.45. The summed E-state index contributed by atoms with van der Waals surface area (Å²) >= 11 is 0. The van der Waals surface area contributed by atoms with E-state index in [0.717, 1.165) is 19.1 Å². The lowest BCUT2D eigenvalue weighted by Crippen LogP contribution is -2.36. The van der Waals surface area contributed by atoms with Gasteiger partial charge in [0.2, 0.25) is 0 Å². The van der Waals surface area contributed by atoms with E-state index in [1.54, 1.807) is 0 Å². The van der Waals surface area contributed by atoms with Gasteiger partial charge in [-0.2, -0.15) is 0 Å². The van der Waals surface area contributed by atoms with E-state index in [0.29, 0.717) is 6.54 Å². The van der Waals surface area contributed by atoms with E-state index < -0.39 is 6.09 Å². The van der Waals surface area contributed by atoms with E-state index in [4.69, 9.17) is 0 Å². The zero-order chi connectivity index (χ0) is 8.27. The largest absolute Gasteiger partial charge is 0.453 e. The maximum Gasteiger partial charge on any atom is 0.410 e. The molecule has 0 aromatic heterocycles. The van der Waals surface area contributed by atoms with Gasteiger partial charge >= 0.3 is 6.09 Å². The lowest BCUT2D eigenvalue weighted by Gasteiger charge is -2.17. The highest BCUT2D eigenvalue weighted by molar-refractivity contribution is 5.73. The van der Waals surface area contributed by atoms with Gasteiger partial charge < -0.3 is 9.53 Å². The van der Waals surface area contributed by atoms with Crippen LogP contribution in [-0.2, 0) is 9.53 Å². The fourth-order valence-electron chi connectivity index (χ4n) is 1.28. The van der Waals surface area contributed by atoms with Gasteiger partial charge in [-0.25, -0.2) is 4.79 Å². The minimum Gasteiger partial charge on any atom is -0.453 e. The highest BCUT2D eigenvalue weighted by Gasteiger charge is 2.28. The van der Waals surface area contributed by atoms with Crippen molar-refractivity contribution in [2.24, 2.45) is 0 Å². The predicted octanol–water partition coefficient (Wildman–Crippen LogP) is 0.416. The third-order valence-corrected chi connectivity index (χ3v) is 1.87. The van der Waals surface area contributed by atoms with Gasteiger partial charge in [-0.3, -0.25) is 4.90 Å². The maximum atomic E-state index is 10.9. The van der Waals surface area contributed by atoms with Crippen LogP contribution in [0, 0.1) is 0 Å². The van der Waals surface area contributed by atoms with E-state index in [2.05, 4.69) is 4.74 Å². The van der Waals surface area contributed by atoms with Crippen molar-refractivity contribution in [3.63, 3.8) is 0 Å². The van der Waals surface area contributed by atoms with Crippen molar-refractivity contribution in [2.75, 3.05) is 13.7 Å². The lowest BCUT2D eigenvalue weighted by molar-refractivity contribution is -0.111. The number of carbonyl (C=O) groups excluding carboxylic acids is 2. The van der Waals surface area contributed by atoms with Crippen molar-refractivity contribution in [1.29, 1.82) is 0 Å². The van der Waals surface area contributed by atoms with E-state index in [1.807, 2.05) is 0 Å². The van der Waals surface area contributed by atoms with Gasteiger partial charge in [-0.1, -0.05) is 0 Å². The molecule has 0 N–H and O–H groups in total. The molecule has 4 nitrogen and oxygen atoms in total. The van der Waals surface area contributed by atoms with Crippen molar-refractivity contribution < 1.29 is 14.3 Å². The normalized spacial score (nSPS) is 23.4. The Morgan fingerprint density at radius 2 is 2.45 bits per heavy atom. The average molecular weight is 157 g/mol. The molecule has 1 fully saturated rings. The van der Waals surface area contributed by atoms with Crippen molar-refractivity contribution in [3.8, 4) is 0 Å². The maximum absolute atomic E-state index is 10.9. The highest BCUT2D eigenvalue weighted by Crippen LogP contribution is 2.15. The molecular weight excluding hydrogens is 146 g/mol. The second-order valence-corrected chi connectivity index (χ2v) is 2.51. The molecule has 4 heteroatoms. The first kappa shape index (κ1) is 8.04. The topological polar surface area (TPSA) is 46.6 Å². The van der Waals surface area contributed by atoms with Gasteiger partial charge in [0.15, 0.2) is 0 Å². The summed E-state index contributed by atoms with van der Waals surface area (Å²) in [6, 6.07) is -0.262. The minimum absolute atomic E-state index is 0.262. The number of likely N-dealkylation sites (tertiary alicyclic amines) is 1.